The predicted molar refractivity (Wildman–Crippen MR) is 112 cm³/mol. The maximum absolute atomic E-state index is 12.9. The van der Waals surface area contributed by atoms with Crippen molar-refractivity contribution < 1.29 is 4.79 Å². The molecule has 2 heterocycles. The molecule has 0 spiro atoms. The SMILES string of the molecule is CN(Cc1ccc2ccccc2c1)C(=O)C1CCN(Cc2nccn2C)CC1. The third-order valence-corrected chi connectivity index (χ3v) is 5.83. The van der Waals surface area contributed by atoms with Crippen LogP contribution in [0, 0.1) is 5.92 Å². The highest BCUT2D eigenvalue weighted by Crippen LogP contribution is 2.22. The Hall–Kier alpha value is -2.66. The number of piperidine rings is 1. The average molecular weight is 377 g/mol. The number of carbonyl (C=O) groups excluding carboxylic acids is 1. The summed E-state index contributed by atoms with van der Waals surface area (Å²) in [6, 6.07) is 14.8. The van der Waals surface area contributed by atoms with E-state index in [1.807, 2.05) is 31.4 Å². The number of nitrogens with zero attached hydrogens (tertiary/aromatic N) is 4. The first-order chi connectivity index (χ1) is 13.6. The Morgan fingerprint density at radius 1 is 1.14 bits per heavy atom. The lowest BCUT2D eigenvalue weighted by Crippen LogP contribution is -2.41. The number of imidazole rings is 1. The minimum Gasteiger partial charge on any atom is -0.341 e. The second kappa shape index (κ2) is 8.15. The second-order valence-electron chi connectivity index (χ2n) is 7.88. The van der Waals surface area contributed by atoms with E-state index in [2.05, 4.69) is 56.9 Å². The van der Waals surface area contributed by atoms with Gasteiger partial charge in [-0.1, -0.05) is 36.4 Å². The van der Waals surface area contributed by atoms with Gasteiger partial charge in [0.05, 0.1) is 6.54 Å². The lowest BCUT2D eigenvalue weighted by atomic mass is 9.95. The number of likely N-dealkylation sites (tertiary alicyclic amines) is 1. The third-order valence-electron chi connectivity index (χ3n) is 5.83. The number of amides is 1. The van der Waals surface area contributed by atoms with Gasteiger partial charge in [-0.2, -0.15) is 0 Å². The molecular formula is C23H28N4O. The normalized spacial score (nSPS) is 15.8. The summed E-state index contributed by atoms with van der Waals surface area (Å²) in [4.78, 5) is 21.6. The van der Waals surface area contributed by atoms with Crippen molar-refractivity contribution in [3.8, 4) is 0 Å². The van der Waals surface area contributed by atoms with E-state index in [1.165, 1.54) is 16.3 Å². The Bertz CT molecular complexity index is 956. The van der Waals surface area contributed by atoms with Gasteiger partial charge in [-0.3, -0.25) is 9.69 Å². The van der Waals surface area contributed by atoms with Crippen molar-refractivity contribution in [2.45, 2.75) is 25.9 Å². The summed E-state index contributed by atoms with van der Waals surface area (Å²) in [6.45, 7) is 3.43. The molecule has 1 fully saturated rings. The fraction of sp³-hybridized carbons (Fsp3) is 0.391. The first kappa shape index (κ1) is 18.7. The van der Waals surface area contributed by atoms with Gasteiger partial charge >= 0.3 is 0 Å². The Morgan fingerprint density at radius 2 is 1.89 bits per heavy atom. The largest absolute Gasteiger partial charge is 0.341 e. The van der Waals surface area contributed by atoms with E-state index < -0.39 is 0 Å². The van der Waals surface area contributed by atoms with E-state index in [9.17, 15) is 4.79 Å². The standard InChI is InChI=1S/C23H28N4O/c1-25-14-11-24-22(25)17-27-12-9-20(10-13-27)23(28)26(2)16-18-7-8-19-5-3-4-6-21(19)15-18/h3-8,11,14-15,20H,9-10,12-13,16-17H2,1-2H3. The zero-order valence-electron chi connectivity index (χ0n) is 16.7. The lowest BCUT2D eigenvalue weighted by molar-refractivity contribution is -0.136. The van der Waals surface area contributed by atoms with Crippen LogP contribution in [0.15, 0.2) is 54.9 Å². The number of aryl methyl sites for hydroxylation is 1. The highest BCUT2D eigenvalue weighted by molar-refractivity contribution is 5.83. The van der Waals surface area contributed by atoms with Gasteiger partial charge in [0.2, 0.25) is 5.91 Å². The predicted octanol–water partition coefficient (Wildman–Crippen LogP) is 3.44. The van der Waals surface area contributed by atoms with Crippen LogP contribution in [0.5, 0.6) is 0 Å². The highest BCUT2D eigenvalue weighted by Gasteiger charge is 2.27. The van der Waals surface area contributed by atoms with Crippen LogP contribution in [-0.2, 0) is 24.9 Å². The first-order valence-corrected chi connectivity index (χ1v) is 10.0. The van der Waals surface area contributed by atoms with Gasteiger partial charge in [-0.15, -0.1) is 0 Å². The molecule has 3 aromatic rings. The number of hydrogen-bond acceptors (Lipinski definition) is 3. The molecule has 0 unspecified atom stereocenters. The number of aromatic nitrogens is 2. The van der Waals surface area contributed by atoms with E-state index >= 15 is 0 Å². The van der Waals surface area contributed by atoms with E-state index in [0.29, 0.717) is 6.54 Å². The summed E-state index contributed by atoms with van der Waals surface area (Å²) in [5.41, 5.74) is 1.18. The van der Waals surface area contributed by atoms with Crippen molar-refractivity contribution in [2.75, 3.05) is 20.1 Å². The Balaban J connectivity index is 1.32. The molecule has 4 rings (SSSR count). The number of hydrogen-bond donors (Lipinski definition) is 0. The molecule has 1 aromatic heterocycles. The molecule has 1 aliphatic rings. The van der Waals surface area contributed by atoms with Gasteiger partial charge < -0.3 is 9.47 Å². The minimum atomic E-state index is 0.128. The molecule has 5 nitrogen and oxygen atoms in total. The summed E-state index contributed by atoms with van der Waals surface area (Å²) < 4.78 is 2.06. The van der Waals surface area contributed by atoms with Crippen LogP contribution < -0.4 is 0 Å². The van der Waals surface area contributed by atoms with Crippen LogP contribution in [0.1, 0.15) is 24.2 Å². The van der Waals surface area contributed by atoms with Gasteiger partial charge in [0, 0.05) is 39.0 Å². The van der Waals surface area contributed by atoms with E-state index in [1.54, 1.807) is 0 Å². The molecule has 1 amide bonds. The average Bonchev–Trinajstić information content (AvgIpc) is 3.12. The maximum atomic E-state index is 12.9. The molecule has 0 atom stereocenters. The van der Waals surface area contributed by atoms with Crippen molar-refractivity contribution in [3.05, 3.63) is 66.2 Å². The lowest BCUT2D eigenvalue weighted by Gasteiger charge is -2.33. The Labute approximate surface area is 166 Å². The van der Waals surface area contributed by atoms with Crippen molar-refractivity contribution in [1.82, 2.24) is 19.4 Å². The molecule has 146 valence electrons. The van der Waals surface area contributed by atoms with Crippen LogP contribution in [0.2, 0.25) is 0 Å². The maximum Gasteiger partial charge on any atom is 0.225 e. The van der Waals surface area contributed by atoms with Gasteiger partial charge in [0.25, 0.3) is 0 Å². The quantitative estimate of drug-likeness (QED) is 0.685. The molecule has 1 aliphatic heterocycles. The fourth-order valence-electron chi connectivity index (χ4n) is 4.09. The fourth-order valence-corrected chi connectivity index (χ4v) is 4.09. The van der Waals surface area contributed by atoms with Crippen molar-refractivity contribution in [2.24, 2.45) is 13.0 Å². The number of rotatable bonds is 5. The van der Waals surface area contributed by atoms with Crippen LogP contribution >= 0.6 is 0 Å². The molecule has 0 radical (unpaired) electrons. The van der Waals surface area contributed by atoms with Gasteiger partial charge in [-0.05, 0) is 48.3 Å². The summed E-state index contributed by atoms with van der Waals surface area (Å²) in [6.07, 6.45) is 5.66. The summed E-state index contributed by atoms with van der Waals surface area (Å²) in [7, 11) is 3.96. The first-order valence-electron chi connectivity index (χ1n) is 10.0. The molecule has 2 aromatic carbocycles. The van der Waals surface area contributed by atoms with Crippen LogP contribution in [-0.4, -0.2) is 45.4 Å². The highest BCUT2D eigenvalue weighted by atomic mass is 16.2. The topological polar surface area (TPSA) is 41.4 Å². The summed E-state index contributed by atoms with van der Waals surface area (Å²) >= 11 is 0. The summed E-state index contributed by atoms with van der Waals surface area (Å²) in [5, 5.41) is 2.46. The monoisotopic (exact) mass is 376 g/mol. The zero-order valence-corrected chi connectivity index (χ0v) is 16.7. The molecule has 28 heavy (non-hydrogen) atoms. The molecule has 5 heteroatoms. The second-order valence-corrected chi connectivity index (χ2v) is 7.88. The number of carbonyl (C=O) groups is 1. The smallest absolute Gasteiger partial charge is 0.225 e. The van der Waals surface area contributed by atoms with Crippen molar-refractivity contribution in [3.63, 3.8) is 0 Å². The molecule has 1 saturated heterocycles. The van der Waals surface area contributed by atoms with Crippen molar-refractivity contribution >= 4 is 16.7 Å². The van der Waals surface area contributed by atoms with Crippen LogP contribution in [0.4, 0.5) is 0 Å². The Morgan fingerprint density at radius 3 is 2.61 bits per heavy atom. The van der Waals surface area contributed by atoms with Gasteiger partial charge in [-0.25, -0.2) is 4.98 Å². The Kier molecular flexibility index (Phi) is 5.44. The van der Waals surface area contributed by atoms with Crippen LogP contribution in [0.25, 0.3) is 10.8 Å². The molecular weight excluding hydrogens is 348 g/mol. The molecule has 0 aliphatic carbocycles. The van der Waals surface area contributed by atoms with Crippen LogP contribution in [0.3, 0.4) is 0 Å². The third kappa shape index (κ3) is 4.09. The molecule has 0 N–H and O–H groups in total. The van der Waals surface area contributed by atoms with Gasteiger partial charge in [0.1, 0.15) is 5.82 Å². The summed E-state index contributed by atoms with van der Waals surface area (Å²) in [5.74, 6) is 1.48. The minimum absolute atomic E-state index is 0.128. The molecule has 0 saturated carbocycles. The van der Waals surface area contributed by atoms with E-state index in [4.69, 9.17) is 0 Å². The van der Waals surface area contributed by atoms with E-state index in [0.717, 1.165) is 38.3 Å². The van der Waals surface area contributed by atoms with Gasteiger partial charge in [0.15, 0.2) is 0 Å². The zero-order chi connectivity index (χ0) is 19.5. The number of benzene rings is 2. The number of fused-ring (bicyclic) bond motifs is 1. The molecule has 0 bridgehead atoms. The van der Waals surface area contributed by atoms with E-state index in [-0.39, 0.29) is 11.8 Å². The van der Waals surface area contributed by atoms with Crippen molar-refractivity contribution in [1.29, 1.82) is 0 Å².